The molecular weight excluding hydrogens is 432 g/mol. The first-order valence-corrected chi connectivity index (χ1v) is 14.3. The van der Waals surface area contributed by atoms with Crippen molar-refractivity contribution in [2.75, 3.05) is 0 Å². The quantitative estimate of drug-likeness (QED) is 0.293. The fourth-order valence-electron chi connectivity index (χ4n) is 5.91. The smallest absolute Gasteiger partial charge is 0.135 e. The zero-order valence-corrected chi connectivity index (χ0v) is 20.2. The van der Waals surface area contributed by atoms with E-state index in [4.69, 9.17) is 0 Å². The normalized spacial score (nSPS) is 13.8. The van der Waals surface area contributed by atoms with Crippen LogP contribution in [-0.4, -0.2) is 8.07 Å². The molecule has 5 aromatic carbocycles. The van der Waals surface area contributed by atoms with Crippen LogP contribution in [0.2, 0.25) is 0 Å². The van der Waals surface area contributed by atoms with Gasteiger partial charge in [-0.3, -0.25) is 0 Å². The van der Waals surface area contributed by atoms with Gasteiger partial charge in [0.05, 0.1) is 0 Å². The lowest BCUT2D eigenvalue weighted by molar-refractivity contribution is 1.49. The molecular formula is C31H22SSi. The molecule has 7 rings (SSSR count). The molecule has 0 radical (unpaired) electrons. The Labute approximate surface area is 198 Å². The van der Waals surface area contributed by atoms with Gasteiger partial charge in [-0.25, -0.2) is 0 Å². The molecule has 0 fully saturated rings. The van der Waals surface area contributed by atoms with Crippen LogP contribution in [0.15, 0.2) is 115 Å². The van der Waals surface area contributed by atoms with E-state index in [2.05, 4.69) is 122 Å². The Bertz CT molecular complexity index is 1620. The van der Waals surface area contributed by atoms with Crippen molar-refractivity contribution in [2.24, 2.45) is 0 Å². The summed E-state index contributed by atoms with van der Waals surface area (Å²) in [5.41, 5.74) is 4.21. The predicted molar refractivity (Wildman–Crippen MR) is 147 cm³/mol. The number of fused-ring (bicyclic) bond motifs is 7. The topological polar surface area (TPSA) is 0 Å². The van der Waals surface area contributed by atoms with Crippen LogP contribution in [0.1, 0.15) is 5.56 Å². The summed E-state index contributed by atoms with van der Waals surface area (Å²) in [6.07, 6.45) is 0. The van der Waals surface area contributed by atoms with Gasteiger partial charge in [-0.2, -0.15) is 0 Å². The van der Waals surface area contributed by atoms with Gasteiger partial charge in [-0.1, -0.05) is 109 Å². The van der Waals surface area contributed by atoms with Crippen LogP contribution >= 0.6 is 11.3 Å². The molecule has 0 aliphatic carbocycles. The highest BCUT2D eigenvalue weighted by Gasteiger charge is 2.49. The summed E-state index contributed by atoms with van der Waals surface area (Å²) in [5, 5.41) is 8.78. The van der Waals surface area contributed by atoms with Crippen molar-refractivity contribution in [3.05, 3.63) is 121 Å². The average molecular weight is 455 g/mol. The maximum atomic E-state index is 2.47. The molecule has 156 valence electrons. The summed E-state index contributed by atoms with van der Waals surface area (Å²) in [7, 11) is -2.43. The number of hydrogen-bond donors (Lipinski definition) is 0. The molecule has 0 spiro atoms. The lowest BCUT2D eigenvalue weighted by Gasteiger charge is -2.31. The second-order valence-corrected chi connectivity index (χ2v) is 13.8. The summed E-state index contributed by atoms with van der Waals surface area (Å²) in [5.74, 6) is 0. The SMILES string of the molecule is Cc1ccc2c(c1)[Si](c1ccccc1)(c1ccccc1)c1ccc3sc4ccccc4c3c1-2. The van der Waals surface area contributed by atoms with E-state index in [9.17, 15) is 0 Å². The lowest BCUT2D eigenvalue weighted by Crippen LogP contribution is -2.72. The Morgan fingerprint density at radius 3 is 1.97 bits per heavy atom. The van der Waals surface area contributed by atoms with Crippen LogP contribution in [0, 0.1) is 6.92 Å². The molecule has 1 aromatic heterocycles. The van der Waals surface area contributed by atoms with Crippen molar-refractivity contribution >= 4 is 60.3 Å². The van der Waals surface area contributed by atoms with Gasteiger partial charge in [0.15, 0.2) is 8.07 Å². The third-order valence-corrected chi connectivity index (χ3v) is 13.2. The maximum Gasteiger partial charge on any atom is 0.180 e. The largest absolute Gasteiger partial charge is 0.180 e. The zero-order valence-electron chi connectivity index (χ0n) is 18.4. The number of thiophene rings is 1. The number of benzene rings is 5. The van der Waals surface area contributed by atoms with E-state index in [1.54, 1.807) is 0 Å². The third kappa shape index (κ3) is 2.51. The summed E-state index contributed by atoms with van der Waals surface area (Å²) in [6, 6.07) is 43.4. The molecule has 1 aliphatic rings. The Morgan fingerprint density at radius 2 is 1.24 bits per heavy atom. The Hall–Kier alpha value is -3.46. The Morgan fingerprint density at radius 1 is 0.576 bits per heavy atom. The van der Waals surface area contributed by atoms with Crippen molar-refractivity contribution in [3.8, 4) is 11.1 Å². The molecule has 0 nitrogen and oxygen atoms in total. The molecule has 0 unspecified atom stereocenters. The molecule has 0 saturated heterocycles. The first kappa shape index (κ1) is 19.0. The second kappa shape index (κ2) is 7.02. The highest BCUT2D eigenvalue weighted by Crippen LogP contribution is 2.42. The van der Waals surface area contributed by atoms with Crippen molar-refractivity contribution in [1.82, 2.24) is 0 Å². The number of hydrogen-bond acceptors (Lipinski definition) is 1. The van der Waals surface area contributed by atoms with E-state index in [1.807, 2.05) is 11.3 Å². The molecule has 2 heteroatoms. The lowest BCUT2D eigenvalue weighted by atomic mass is 9.99. The van der Waals surface area contributed by atoms with Crippen LogP contribution in [0.3, 0.4) is 0 Å². The minimum atomic E-state index is -2.43. The average Bonchev–Trinajstić information content (AvgIpc) is 3.38. The summed E-state index contributed by atoms with van der Waals surface area (Å²) < 4.78 is 2.75. The Kier molecular flexibility index (Phi) is 4.05. The van der Waals surface area contributed by atoms with Gasteiger partial charge in [0.25, 0.3) is 0 Å². The van der Waals surface area contributed by atoms with E-state index in [1.165, 1.54) is 57.6 Å². The van der Waals surface area contributed by atoms with Gasteiger partial charge in [0.2, 0.25) is 0 Å². The molecule has 0 saturated carbocycles. The van der Waals surface area contributed by atoms with Gasteiger partial charge >= 0.3 is 0 Å². The maximum absolute atomic E-state index is 2.47. The molecule has 0 amide bonds. The fourth-order valence-corrected chi connectivity index (χ4v) is 12.3. The van der Waals surface area contributed by atoms with E-state index >= 15 is 0 Å². The minimum Gasteiger partial charge on any atom is -0.135 e. The summed E-state index contributed by atoms with van der Waals surface area (Å²) in [6.45, 7) is 2.23. The van der Waals surface area contributed by atoms with E-state index in [0.29, 0.717) is 0 Å². The van der Waals surface area contributed by atoms with Crippen molar-refractivity contribution in [1.29, 1.82) is 0 Å². The van der Waals surface area contributed by atoms with Crippen molar-refractivity contribution in [2.45, 2.75) is 6.92 Å². The zero-order chi connectivity index (χ0) is 22.0. The first-order chi connectivity index (χ1) is 16.3. The van der Waals surface area contributed by atoms with E-state index < -0.39 is 8.07 Å². The van der Waals surface area contributed by atoms with Crippen LogP contribution in [0.25, 0.3) is 31.3 Å². The highest BCUT2D eigenvalue weighted by atomic mass is 32.1. The highest BCUT2D eigenvalue weighted by molar-refractivity contribution is 7.26. The standard InChI is InChI=1S/C31H22SSi/c1-21-16-17-25-29(20-21)33(22-10-4-2-5-11-22,23-12-6-3-7-13-23)28-19-18-27-30(31(25)28)24-14-8-9-15-26(24)32-27/h2-20H,1H3. The van der Waals surface area contributed by atoms with Crippen LogP contribution in [0.4, 0.5) is 0 Å². The number of rotatable bonds is 2. The third-order valence-electron chi connectivity index (χ3n) is 7.21. The number of aryl methyl sites for hydroxylation is 1. The molecule has 1 aliphatic heterocycles. The van der Waals surface area contributed by atoms with Gasteiger partial charge < -0.3 is 0 Å². The molecule has 0 atom stereocenters. The van der Waals surface area contributed by atoms with Gasteiger partial charge in [0.1, 0.15) is 0 Å². The Balaban J connectivity index is 1.74. The molecule has 2 heterocycles. The minimum absolute atomic E-state index is 1.33. The second-order valence-electron chi connectivity index (χ2n) is 8.99. The fraction of sp³-hybridized carbons (Fsp3) is 0.0323. The molecule has 33 heavy (non-hydrogen) atoms. The van der Waals surface area contributed by atoms with Gasteiger partial charge in [-0.05, 0) is 50.9 Å². The van der Waals surface area contributed by atoms with Gasteiger partial charge in [0, 0.05) is 20.2 Å². The van der Waals surface area contributed by atoms with Crippen molar-refractivity contribution in [3.63, 3.8) is 0 Å². The van der Waals surface area contributed by atoms with E-state index in [0.717, 1.165) is 0 Å². The van der Waals surface area contributed by atoms with Crippen LogP contribution in [0.5, 0.6) is 0 Å². The van der Waals surface area contributed by atoms with E-state index in [-0.39, 0.29) is 0 Å². The molecule has 0 bridgehead atoms. The first-order valence-electron chi connectivity index (χ1n) is 11.5. The summed E-state index contributed by atoms with van der Waals surface area (Å²) >= 11 is 1.91. The summed E-state index contributed by atoms with van der Waals surface area (Å²) in [4.78, 5) is 0. The van der Waals surface area contributed by atoms with Crippen LogP contribution < -0.4 is 20.7 Å². The van der Waals surface area contributed by atoms with Crippen LogP contribution in [-0.2, 0) is 0 Å². The monoisotopic (exact) mass is 454 g/mol. The molecule has 6 aromatic rings. The van der Waals surface area contributed by atoms with Gasteiger partial charge in [-0.15, -0.1) is 11.3 Å². The molecule has 0 N–H and O–H groups in total. The predicted octanol–water partition coefficient (Wildman–Crippen LogP) is 5.72. The van der Waals surface area contributed by atoms with Crippen molar-refractivity contribution < 1.29 is 0 Å².